The summed E-state index contributed by atoms with van der Waals surface area (Å²) in [5.74, 6) is 0.530. The molecule has 0 fully saturated rings. The minimum Gasteiger partial charge on any atom is -0.496 e. The minimum absolute atomic E-state index is 0.0458. The molecule has 1 unspecified atom stereocenters. The molecule has 0 saturated heterocycles. The van der Waals surface area contributed by atoms with Crippen LogP contribution >= 0.6 is 15.9 Å². The summed E-state index contributed by atoms with van der Waals surface area (Å²) < 4.78 is 8.07. The van der Waals surface area contributed by atoms with Gasteiger partial charge in [-0.1, -0.05) is 45.4 Å². The number of nitrogens with zero attached hydrogens (tertiary/aromatic N) is 4. The molecule has 1 N–H and O–H groups in total. The summed E-state index contributed by atoms with van der Waals surface area (Å²) in [6.07, 6.45) is 0. The number of hydrogen-bond acceptors (Lipinski definition) is 5. The lowest BCUT2D eigenvalue weighted by Gasteiger charge is -2.26. The van der Waals surface area contributed by atoms with Gasteiger partial charge < -0.3 is 15.0 Å². The quantitative estimate of drug-likeness (QED) is 0.588. The van der Waals surface area contributed by atoms with Gasteiger partial charge in [-0.2, -0.15) is 0 Å². The number of nitrogens with one attached hydrogen (secondary N) is 1. The van der Waals surface area contributed by atoms with Crippen LogP contribution in [0.1, 0.15) is 27.8 Å². The second kappa shape index (κ2) is 9.19. The van der Waals surface area contributed by atoms with E-state index in [1.165, 1.54) is 0 Å². The van der Waals surface area contributed by atoms with E-state index < -0.39 is 0 Å². The number of ether oxygens (including phenoxy) is 1. The first-order chi connectivity index (χ1) is 13.9. The van der Waals surface area contributed by atoms with E-state index in [9.17, 15) is 4.79 Å². The van der Waals surface area contributed by atoms with E-state index in [2.05, 4.69) is 31.6 Å². The van der Waals surface area contributed by atoms with Crippen molar-refractivity contribution in [3.63, 3.8) is 0 Å². The summed E-state index contributed by atoms with van der Waals surface area (Å²) in [5, 5.41) is 11.2. The Hall–Kier alpha value is -2.71. The van der Waals surface area contributed by atoms with Gasteiger partial charge >= 0.3 is 0 Å². The number of likely N-dealkylation sites (N-methyl/N-ethyl adjacent to an activating group) is 1. The molecule has 8 heteroatoms. The summed E-state index contributed by atoms with van der Waals surface area (Å²) in [6.45, 7) is 2.24. The van der Waals surface area contributed by atoms with Gasteiger partial charge in [0.1, 0.15) is 5.75 Å². The van der Waals surface area contributed by atoms with Gasteiger partial charge in [0.2, 0.25) is 0 Å². The van der Waals surface area contributed by atoms with Gasteiger partial charge in [0.25, 0.3) is 5.91 Å². The SMILES string of the molecule is COc1ccccc1C(CNC(=O)c1nnn(-c2cccc(Br)c2)c1C)N(C)C. The fourth-order valence-corrected chi connectivity index (χ4v) is 3.56. The molecular weight excluding hydrogens is 434 g/mol. The van der Waals surface area contributed by atoms with Crippen LogP contribution in [0.4, 0.5) is 0 Å². The Bertz CT molecular complexity index is 1000. The van der Waals surface area contributed by atoms with E-state index >= 15 is 0 Å². The van der Waals surface area contributed by atoms with E-state index in [1.807, 2.05) is 74.4 Å². The van der Waals surface area contributed by atoms with Crippen molar-refractivity contribution < 1.29 is 9.53 Å². The first kappa shape index (κ1) is 21.0. The molecule has 3 rings (SSSR count). The molecule has 1 atom stereocenters. The number of para-hydroxylation sites is 1. The second-order valence-electron chi connectivity index (χ2n) is 6.85. The highest BCUT2D eigenvalue weighted by molar-refractivity contribution is 9.10. The van der Waals surface area contributed by atoms with Crippen molar-refractivity contribution in [3.8, 4) is 11.4 Å². The summed E-state index contributed by atoms with van der Waals surface area (Å²) in [5.41, 5.74) is 2.83. The number of carbonyl (C=O) groups excluding carboxylic acids is 1. The van der Waals surface area contributed by atoms with E-state index in [-0.39, 0.29) is 11.9 Å². The molecule has 0 aliphatic carbocycles. The van der Waals surface area contributed by atoms with Crippen LogP contribution < -0.4 is 10.1 Å². The topological polar surface area (TPSA) is 72.3 Å². The summed E-state index contributed by atoms with van der Waals surface area (Å²) in [7, 11) is 5.59. The third-order valence-corrected chi connectivity index (χ3v) is 5.23. The largest absolute Gasteiger partial charge is 0.496 e. The third-order valence-electron chi connectivity index (χ3n) is 4.74. The predicted molar refractivity (Wildman–Crippen MR) is 116 cm³/mol. The molecular formula is C21H24BrN5O2. The van der Waals surface area contributed by atoms with Crippen LogP contribution in [-0.4, -0.2) is 53.6 Å². The molecule has 0 aliphatic heterocycles. The monoisotopic (exact) mass is 457 g/mol. The van der Waals surface area contributed by atoms with Crippen molar-refractivity contribution in [2.75, 3.05) is 27.7 Å². The second-order valence-corrected chi connectivity index (χ2v) is 7.76. The van der Waals surface area contributed by atoms with Gasteiger partial charge in [-0.05, 0) is 45.3 Å². The van der Waals surface area contributed by atoms with Crippen molar-refractivity contribution in [2.45, 2.75) is 13.0 Å². The highest BCUT2D eigenvalue weighted by Crippen LogP contribution is 2.27. The van der Waals surface area contributed by atoms with Crippen molar-refractivity contribution in [1.29, 1.82) is 0 Å². The van der Waals surface area contributed by atoms with Gasteiger partial charge in [0.15, 0.2) is 5.69 Å². The van der Waals surface area contributed by atoms with E-state index in [1.54, 1.807) is 11.8 Å². The zero-order chi connectivity index (χ0) is 21.0. The van der Waals surface area contributed by atoms with Crippen molar-refractivity contribution >= 4 is 21.8 Å². The van der Waals surface area contributed by atoms with Gasteiger partial charge in [0.05, 0.1) is 24.5 Å². The highest BCUT2D eigenvalue weighted by Gasteiger charge is 2.22. The fraction of sp³-hybridized carbons (Fsp3) is 0.286. The number of aromatic nitrogens is 3. The summed E-state index contributed by atoms with van der Waals surface area (Å²) in [6, 6.07) is 15.5. The van der Waals surface area contributed by atoms with Crippen LogP contribution in [0.15, 0.2) is 53.0 Å². The summed E-state index contributed by atoms with van der Waals surface area (Å²) >= 11 is 3.45. The average molecular weight is 458 g/mol. The third kappa shape index (κ3) is 4.65. The molecule has 0 radical (unpaired) electrons. The van der Waals surface area contributed by atoms with Crippen molar-refractivity contribution in [3.05, 3.63) is 70.0 Å². The van der Waals surface area contributed by atoms with Crippen LogP contribution in [0.25, 0.3) is 5.69 Å². The molecule has 29 heavy (non-hydrogen) atoms. The van der Waals surface area contributed by atoms with Crippen LogP contribution in [0.5, 0.6) is 5.75 Å². The molecule has 7 nitrogen and oxygen atoms in total. The van der Waals surface area contributed by atoms with Crippen LogP contribution in [0.3, 0.4) is 0 Å². The lowest BCUT2D eigenvalue weighted by atomic mass is 10.0. The number of carbonyl (C=O) groups is 1. The van der Waals surface area contributed by atoms with Gasteiger partial charge in [0, 0.05) is 16.6 Å². The van der Waals surface area contributed by atoms with Crippen molar-refractivity contribution in [1.82, 2.24) is 25.2 Å². The number of benzene rings is 2. The number of halogens is 1. The van der Waals surface area contributed by atoms with Crippen LogP contribution in [0.2, 0.25) is 0 Å². The molecule has 3 aromatic rings. The van der Waals surface area contributed by atoms with E-state index in [0.29, 0.717) is 17.9 Å². The Morgan fingerprint density at radius 2 is 2.00 bits per heavy atom. The number of amides is 1. The standard InChI is InChI=1S/C21H24BrN5O2/c1-14-20(24-25-27(14)16-9-7-8-15(22)12-16)21(28)23-13-18(26(2)3)17-10-5-6-11-19(17)29-4/h5-12,18H,13H2,1-4H3,(H,23,28). The zero-order valence-corrected chi connectivity index (χ0v) is 18.5. The first-order valence-corrected chi connectivity index (χ1v) is 9.97. The Balaban J connectivity index is 1.78. The molecule has 0 spiro atoms. The highest BCUT2D eigenvalue weighted by atomic mass is 79.9. The van der Waals surface area contributed by atoms with Crippen LogP contribution in [-0.2, 0) is 0 Å². The predicted octanol–water partition coefficient (Wildman–Crippen LogP) is 3.38. The Kier molecular flexibility index (Phi) is 6.66. The molecule has 0 aliphatic rings. The Morgan fingerprint density at radius 1 is 1.24 bits per heavy atom. The maximum Gasteiger partial charge on any atom is 0.273 e. The van der Waals surface area contributed by atoms with E-state index in [0.717, 1.165) is 21.5 Å². The van der Waals surface area contributed by atoms with Gasteiger partial charge in [-0.15, -0.1) is 5.10 Å². The molecule has 1 aromatic heterocycles. The minimum atomic E-state index is -0.259. The summed E-state index contributed by atoms with van der Waals surface area (Å²) in [4.78, 5) is 14.8. The lowest BCUT2D eigenvalue weighted by molar-refractivity contribution is 0.0935. The van der Waals surface area contributed by atoms with Gasteiger partial charge in [-0.3, -0.25) is 4.79 Å². The number of rotatable bonds is 7. The Morgan fingerprint density at radius 3 is 2.69 bits per heavy atom. The molecule has 152 valence electrons. The molecule has 0 saturated carbocycles. The average Bonchev–Trinajstić information content (AvgIpc) is 3.09. The van der Waals surface area contributed by atoms with Crippen molar-refractivity contribution in [2.24, 2.45) is 0 Å². The van der Waals surface area contributed by atoms with Crippen LogP contribution in [0, 0.1) is 6.92 Å². The molecule has 1 heterocycles. The fourth-order valence-electron chi connectivity index (χ4n) is 3.18. The number of hydrogen-bond donors (Lipinski definition) is 1. The molecule has 1 amide bonds. The maximum atomic E-state index is 12.8. The molecule has 0 bridgehead atoms. The first-order valence-electron chi connectivity index (χ1n) is 9.18. The Labute approximate surface area is 178 Å². The maximum absolute atomic E-state index is 12.8. The zero-order valence-electron chi connectivity index (χ0n) is 16.9. The lowest BCUT2D eigenvalue weighted by Crippen LogP contribution is -2.35. The normalized spacial score (nSPS) is 12.1. The smallest absolute Gasteiger partial charge is 0.273 e. The van der Waals surface area contributed by atoms with E-state index in [4.69, 9.17) is 4.74 Å². The molecule has 2 aromatic carbocycles. The number of methoxy groups -OCH3 is 1. The van der Waals surface area contributed by atoms with Gasteiger partial charge in [-0.25, -0.2) is 4.68 Å².